The topological polar surface area (TPSA) is 34.1 Å². The molecule has 0 fully saturated rings. The van der Waals surface area contributed by atoms with Crippen molar-refractivity contribution in [2.75, 3.05) is 5.75 Å². The summed E-state index contributed by atoms with van der Waals surface area (Å²) < 4.78 is 23.6. The van der Waals surface area contributed by atoms with E-state index < -0.39 is 9.84 Å². The van der Waals surface area contributed by atoms with Crippen LogP contribution in [-0.2, 0) is 16.3 Å². The lowest BCUT2D eigenvalue weighted by Gasteiger charge is -2.06. The third kappa shape index (κ3) is 3.90. The molecule has 2 nitrogen and oxygen atoms in total. The Bertz CT molecular complexity index is 492. The standard InChI is InChI=1S/C14H18O2S/c1-4-10-17(15,16)14-8-6-13(7-9-14)11-12(3)5-2/h2,6-9,12H,4,10-11H2,1,3H3. The molecule has 0 saturated carbocycles. The molecule has 17 heavy (non-hydrogen) atoms. The van der Waals surface area contributed by atoms with Crippen molar-refractivity contribution in [3.63, 3.8) is 0 Å². The summed E-state index contributed by atoms with van der Waals surface area (Å²) >= 11 is 0. The molecule has 0 bridgehead atoms. The van der Waals surface area contributed by atoms with E-state index in [-0.39, 0.29) is 11.7 Å². The van der Waals surface area contributed by atoms with Gasteiger partial charge in [-0.3, -0.25) is 0 Å². The first-order valence-corrected chi connectivity index (χ1v) is 7.42. The average Bonchev–Trinajstić information content (AvgIpc) is 2.29. The van der Waals surface area contributed by atoms with Crippen LogP contribution in [0.4, 0.5) is 0 Å². The van der Waals surface area contributed by atoms with E-state index in [1.807, 2.05) is 26.0 Å². The maximum atomic E-state index is 11.8. The Kier molecular flexibility index (Phi) is 4.77. The van der Waals surface area contributed by atoms with Crippen LogP contribution in [-0.4, -0.2) is 14.2 Å². The number of benzene rings is 1. The van der Waals surface area contributed by atoms with E-state index in [1.54, 1.807) is 12.1 Å². The van der Waals surface area contributed by atoms with Gasteiger partial charge in [-0.15, -0.1) is 12.3 Å². The van der Waals surface area contributed by atoms with Crippen molar-refractivity contribution in [3.05, 3.63) is 29.8 Å². The van der Waals surface area contributed by atoms with Crippen molar-refractivity contribution in [3.8, 4) is 12.3 Å². The van der Waals surface area contributed by atoms with Crippen LogP contribution in [0.1, 0.15) is 25.8 Å². The lowest BCUT2D eigenvalue weighted by molar-refractivity contribution is 0.594. The van der Waals surface area contributed by atoms with Crippen molar-refractivity contribution in [1.29, 1.82) is 0 Å². The monoisotopic (exact) mass is 250 g/mol. The predicted octanol–water partition coefficient (Wildman–Crippen LogP) is 2.68. The Morgan fingerprint density at radius 1 is 1.29 bits per heavy atom. The largest absolute Gasteiger partial charge is 0.224 e. The molecule has 1 rings (SSSR count). The fourth-order valence-electron chi connectivity index (χ4n) is 1.63. The highest BCUT2D eigenvalue weighted by Crippen LogP contribution is 2.15. The van der Waals surface area contributed by atoms with E-state index >= 15 is 0 Å². The van der Waals surface area contributed by atoms with E-state index in [0.29, 0.717) is 11.3 Å². The van der Waals surface area contributed by atoms with Crippen LogP contribution in [0.3, 0.4) is 0 Å². The Labute approximate surface area is 104 Å². The molecule has 0 spiro atoms. The Balaban J connectivity index is 2.86. The van der Waals surface area contributed by atoms with E-state index in [1.165, 1.54) is 0 Å². The summed E-state index contributed by atoms with van der Waals surface area (Å²) in [5, 5.41) is 0. The normalized spacial score (nSPS) is 13.0. The summed E-state index contributed by atoms with van der Waals surface area (Å²) in [6, 6.07) is 7.03. The lowest BCUT2D eigenvalue weighted by Crippen LogP contribution is -2.06. The van der Waals surface area contributed by atoms with Gasteiger partial charge in [0, 0.05) is 5.92 Å². The second-order valence-corrected chi connectivity index (χ2v) is 6.34. The third-order valence-corrected chi connectivity index (χ3v) is 4.52. The van der Waals surface area contributed by atoms with Gasteiger partial charge in [-0.05, 0) is 30.5 Å². The van der Waals surface area contributed by atoms with Crippen molar-refractivity contribution in [2.24, 2.45) is 5.92 Å². The molecular formula is C14H18O2S. The van der Waals surface area contributed by atoms with Crippen LogP contribution in [0.15, 0.2) is 29.2 Å². The zero-order chi connectivity index (χ0) is 12.9. The molecule has 0 aliphatic carbocycles. The molecule has 1 atom stereocenters. The highest BCUT2D eigenvalue weighted by molar-refractivity contribution is 7.91. The van der Waals surface area contributed by atoms with E-state index in [0.717, 1.165) is 12.0 Å². The van der Waals surface area contributed by atoms with Crippen molar-refractivity contribution in [1.82, 2.24) is 0 Å². The summed E-state index contributed by atoms with van der Waals surface area (Å²) in [5.41, 5.74) is 1.07. The number of hydrogen-bond acceptors (Lipinski definition) is 2. The minimum atomic E-state index is -3.10. The van der Waals surface area contributed by atoms with E-state index in [9.17, 15) is 8.42 Å². The van der Waals surface area contributed by atoms with Gasteiger partial charge < -0.3 is 0 Å². The molecule has 1 aromatic rings. The second kappa shape index (κ2) is 5.88. The molecule has 1 unspecified atom stereocenters. The quantitative estimate of drug-likeness (QED) is 0.753. The maximum absolute atomic E-state index is 11.8. The summed E-state index contributed by atoms with van der Waals surface area (Å²) in [5.74, 6) is 3.04. The Morgan fingerprint density at radius 2 is 1.88 bits per heavy atom. The van der Waals surface area contributed by atoms with Gasteiger partial charge >= 0.3 is 0 Å². The highest BCUT2D eigenvalue weighted by Gasteiger charge is 2.12. The molecule has 1 aromatic carbocycles. The number of rotatable bonds is 5. The van der Waals surface area contributed by atoms with Gasteiger partial charge in [-0.1, -0.05) is 26.0 Å². The molecule has 0 amide bonds. The molecule has 0 aromatic heterocycles. The number of terminal acetylenes is 1. The minimum absolute atomic E-state index is 0.174. The lowest BCUT2D eigenvalue weighted by atomic mass is 10.0. The number of sulfone groups is 1. The summed E-state index contributed by atoms with van der Waals surface area (Å²) in [4.78, 5) is 0.400. The zero-order valence-corrected chi connectivity index (χ0v) is 11.1. The third-order valence-electron chi connectivity index (χ3n) is 2.58. The fraction of sp³-hybridized carbons (Fsp3) is 0.429. The van der Waals surface area contributed by atoms with Crippen molar-refractivity contribution < 1.29 is 8.42 Å². The fourth-order valence-corrected chi connectivity index (χ4v) is 2.96. The van der Waals surface area contributed by atoms with Gasteiger partial charge in [-0.25, -0.2) is 8.42 Å². The second-order valence-electron chi connectivity index (χ2n) is 4.23. The summed E-state index contributed by atoms with van der Waals surface area (Å²) in [7, 11) is -3.10. The molecule has 0 saturated heterocycles. The van der Waals surface area contributed by atoms with Crippen LogP contribution >= 0.6 is 0 Å². The SMILES string of the molecule is C#CC(C)Cc1ccc(S(=O)(=O)CCC)cc1. The molecule has 0 aliphatic rings. The minimum Gasteiger partial charge on any atom is -0.224 e. The molecule has 0 N–H and O–H groups in total. The first kappa shape index (κ1) is 13.8. The first-order valence-electron chi connectivity index (χ1n) is 5.77. The Morgan fingerprint density at radius 3 is 2.35 bits per heavy atom. The molecule has 3 heteroatoms. The smallest absolute Gasteiger partial charge is 0.178 e. The van der Waals surface area contributed by atoms with Gasteiger partial charge in [0.05, 0.1) is 10.6 Å². The van der Waals surface area contributed by atoms with Crippen LogP contribution in [0.25, 0.3) is 0 Å². The van der Waals surface area contributed by atoms with Gasteiger partial charge in [-0.2, -0.15) is 0 Å². The molecular weight excluding hydrogens is 232 g/mol. The van der Waals surface area contributed by atoms with Crippen LogP contribution < -0.4 is 0 Å². The average molecular weight is 250 g/mol. The first-order chi connectivity index (χ1) is 7.99. The highest BCUT2D eigenvalue weighted by atomic mass is 32.2. The maximum Gasteiger partial charge on any atom is 0.178 e. The summed E-state index contributed by atoms with van der Waals surface area (Å²) in [6.45, 7) is 3.84. The van der Waals surface area contributed by atoms with Gasteiger partial charge in [0.15, 0.2) is 9.84 Å². The van der Waals surface area contributed by atoms with Crippen LogP contribution in [0.2, 0.25) is 0 Å². The van der Waals surface area contributed by atoms with E-state index in [2.05, 4.69) is 5.92 Å². The van der Waals surface area contributed by atoms with Crippen molar-refractivity contribution in [2.45, 2.75) is 31.6 Å². The van der Waals surface area contributed by atoms with Crippen LogP contribution in [0.5, 0.6) is 0 Å². The zero-order valence-electron chi connectivity index (χ0n) is 10.3. The van der Waals surface area contributed by atoms with Gasteiger partial charge in [0.1, 0.15) is 0 Å². The molecule has 0 radical (unpaired) electrons. The number of hydrogen-bond donors (Lipinski definition) is 0. The molecule has 0 heterocycles. The van der Waals surface area contributed by atoms with Gasteiger partial charge in [0.25, 0.3) is 0 Å². The predicted molar refractivity (Wildman–Crippen MR) is 70.5 cm³/mol. The van der Waals surface area contributed by atoms with Gasteiger partial charge in [0.2, 0.25) is 0 Å². The van der Waals surface area contributed by atoms with Crippen LogP contribution in [0, 0.1) is 18.3 Å². The molecule has 0 aliphatic heterocycles. The summed E-state index contributed by atoms with van der Waals surface area (Å²) in [6.07, 6.45) is 6.73. The van der Waals surface area contributed by atoms with Crippen molar-refractivity contribution >= 4 is 9.84 Å². The molecule has 92 valence electrons. The Hall–Kier alpha value is -1.27. The van der Waals surface area contributed by atoms with E-state index in [4.69, 9.17) is 6.42 Å².